The zero-order valence-corrected chi connectivity index (χ0v) is 22.7. The monoisotopic (exact) mass is 542 g/mol. The van der Waals surface area contributed by atoms with Gasteiger partial charge >= 0.3 is 5.97 Å². The second-order valence-electron chi connectivity index (χ2n) is 9.64. The van der Waals surface area contributed by atoms with Crippen molar-refractivity contribution in [2.45, 2.75) is 70.9 Å². The molecule has 2 aliphatic rings. The number of benzene rings is 2. The summed E-state index contributed by atoms with van der Waals surface area (Å²) in [5, 5.41) is 3.90. The van der Waals surface area contributed by atoms with Crippen molar-refractivity contribution >= 4 is 41.0 Å². The van der Waals surface area contributed by atoms with E-state index in [1.54, 1.807) is 43.0 Å². The summed E-state index contributed by atoms with van der Waals surface area (Å²) in [6.07, 6.45) is 5.60. The van der Waals surface area contributed by atoms with E-state index in [1.807, 2.05) is 18.2 Å². The van der Waals surface area contributed by atoms with Gasteiger partial charge in [-0.3, -0.25) is 9.59 Å². The molecule has 6 nitrogen and oxygen atoms in total. The Hall–Kier alpha value is -2.83. The molecule has 1 fully saturated rings. The van der Waals surface area contributed by atoms with Crippen LogP contribution in [0.5, 0.6) is 0 Å². The van der Waals surface area contributed by atoms with Crippen LogP contribution in [0.2, 0.25) is 10.0 Å². The van der Waals surface area contributed by atoms with Gasteiger partial charge < -0.3 is 15.0 Å². The van der Waals surface area contributed by atoms with Crippen molar-refractivity contribution < 1.29 is 19.1 Å². The Balaban J connectivity index is 1.60. The van der Waals surface area contributed by atoms with Gasteiger partial charge in [-0.15, -0.1) is 0 Å². The number of amides is 2. The number of esters is 1. The molecule has 1 atom stereocenters. The van der Waals surface area contributed by atoms with Gasteiger partial charge in [0.15, 0.2) is 0 Å². The highest BCUT2D eigenvalue weighted by molar-refractivity contribution is 6.42. The molecule has 1 heterocycles. The fourth-order valence-corrected chi connectivity index (χ4v) is 5.51. The molecule has 2 aromatic rings. The Kier molecular flexibility index (Phi) is 8.93. The number of allylic oxidation sites excluding steroid dienone is 1. The molecule has 4 rings (SSSR count). The third-order valence-electron chi connectivity index (χ3n) is 7.13. The molecule has 0 saturated heterocycles. The number of hydrogen-bond acceptors (Lipinski definition) is 4. The maximum absolute atomic E-state index is 13.4. The Labute approximate surface area is 228 Å². The first-order chi connectivity index (χ1) is 17.8. The fraction of sp³-hybridized carbons (Fsp3) is 0.414. The molecule has 1 N–H and O–H groups in total. The minimum absolute atomic E-state index is 0.0886. The van der Waals surface area contributed by atoms with E-state index in [4.69, 9.17) is 27.9 Å². The van der Waals surface area contributed by atoms with Crippen LogP contribution in [-0.2, 0) is 20.9 Å². The van der Waals surface area contributed by atoms with E-state index in [0.29, 0.717) is 26.9 Å². The summed E-state index contributed by atoms with van der Waals surface area (Å²) in [5.41, 5.74) is 3.05. The highest BCUT2D eigenvalue weighted by atomic mass is 35.5. The van der Waals surface area contributed by atoms with Crippen molar-refractivity contribution in [2.75, 3.05) is 6.61 Å². The first-order valence-electron chi connectivity index (χ1n) is 12.8. The van der Waals surface area contributed by atoms with Crippen LogP contribution in [0.15, 0.2) is 53.7 Å². The maximum atomic E-state index is 13.4. The van der Waals surface area contributed by atoms with Crippen LogP contribution in [0.3, 0.4) is 0 Å². The quantitative estimate of drug-likeness (QED) is 0.410. The predicted octanol–water partition coefficient (Wildman–Crippen LogP) is 6.41. The summed E-state index contributed by atoms with van der Waals surface area (Å²) in [7, 11) is 0. The van der Waals surface area contributed by atoms with Crippen LogP contribution in [0.25, 0.3) is 0 Å². The lowest BCUT2D eigenvalue weighted by Gasteiger charge is -2.34. The number of ether oxygens (including phenoxy) is 1. The van der Waals surface area contributed by atoms with Crippen LogP contribution in [-0.4, -0.2) is 35.3 Å². The minimum atomic E-state index is -0.495. The van der Waals surface area contributed by atoms with E-state index in [2.05, 4.69) is 5.32 Å². The second-order valence-corrected chi connectivity index (χ2v) is 10.5. The molecule has 196 valence electrons. The number of rotatable bonds is 7. The van der Waals surface area contributed by atoms with E-state index < -0.39 is 11.9 Å². The molecule has 0 bridgehead atoms. The first-order valence-corrected chi connectivity index (χ1v) is 13.6. The van der Waals surface area contributed by atoms with Gasteiger partial charge in [0, 0.05) is 29.6 Å². The molecule has 1 aliphatic heterocycles. The normalized spacial score (nSPS) is 18.6. The third kappa shape index (κ3) is 6.36. The van der Waals surface area contributed by atoms with Gasteiger partial charge in [-0.25, -0.2) is 4.79 Å². The van der Waals surface area contributed by atoms with Gasteiger partial charge in [0.05, 0.1) is 28.8 Å². The molecule has 1 unspecified atom stereocenters. The van der Waals surface area contributed by atoms with Gasteiger partial charge in [0.2, 0.25) is 5.91 Å². The summed E-state index contributed by atoms with van der Waals surface area (Å²) in [4.78, 5) is 40.9. The summed E-state index contributed by atoms with van der Waals surface area (Å²) in [6, 6.07) is 12.7. The maximum Gasteiger partial charge on any atom is 0.336 e. The Bertz CT molecular complexity index is 1220. The first kappa shape index (κ1) is 27.2. The number of carbonyl (C=O) groups excluding carboxylic acids is 3. The Morgan fingerprint density at radius 2 is 1.81 bits per heavy atom. The lowest BCUT2D eigenvalue weighted by molar-refractivity contribution is -0.140. The van der Waals surface area contributed by atoms with Gasteiger partial charge in [-0.2, -0.15) is 0 Å². The predicted molar refractivity (Wildman–Crippen MR) is 144 cm³/mol. The molecule has 0 radical (unpaired) electrons. The average Bonchev–Trinajstić information content (AvgIpc) is 2.88. The summed E-state index contributed by atoms with van der Waals surface area (Å²) in [6.45, 7) is 3.97. The third-order valence-corrected chi connectivity index (χ3v) is 7.87. The van der Waals surface area contributed by atoms with E-state index >= 15 is 0 Å². The molecule has 37 heavy (non-hydrogen) atoms. The molecule has 1 aliphatic carbocycles. The lowest BCUT2D eigenvalue weighted by Crippen LogP contribution is -2.38. The second kappa shape index (κ2) is 12.1. The SMILES string of the molecule is CCOC(=O)C1=C(C)N(Cc2cccc(C(=O)NC3CCCCC3)c2)C(=O)CC1c1ccc(Cl)c(Cl)c1. The highest BCUT2D eigenvalue weighted by Gasteiger charge is 2.37. The minimum Gasteiger partial charge on any atom is -0.463 e. The fourth-order valence-electron chi connectivity index (χ4n) is 5.20. The van der Waals surface area contributed by atoms with Crippen molar-refractivity contribution in [1.82, 2.24) is 10.2 Å². The van der Waals surface area contributed by atoms with Gasteiger partial charge in [0.1, 0.15) is 0 Å². The molecule has 0 spiro atoms. The van der Waals surface area contributed by atoms with Crippen molar-refractivity contribution in [2.24, 2.45) is 0 Å². The summed E-state index contributed by atoms with van der Waals surface area (Å²) < 4.78 is 5.37. The van der Waals surface area contributed by atoms with Gasteiger partial charge in [-0.1, -0.05) is 60.7 Å². The smallest absolute Gasteiger partial charge is 0.336 e. The molecule has 2 aromatic carbocycles. The molecule has 8 heteroatoms. The highest BCUT2D eigenvalue weighted by Crippen LogP contribution is 2.39. The van der Waals surface area contributed by atoms with E-state index in [0.717, 1.165) is 36.8 Å². The number of hydrogen-bond donors (Lipinski definition) is 1. The van der Waals surface area contributed by atoms with E-state index in [-0.39, 0.29) is 37.4 Å². The molecule has 1 saturated carbocycles. The molecule has 0 aromatic heterocycles. The Morgan fingerprint density at radius 3 is 2.51 bits per heavy atom. The number of nitrogens with one attached hydrogen (secondary N) is 1. The van der Waals surface area contributed by atoms with Crippen molar-refractivity contribution in [1.29, 1.82) is 0 Å². The topological polar surface area (TPSA) is 75.7 Å². The van der Waals surface area contributed by atoms with Crippen LogP contribution in [0.4, 0.5) is 0 Å². The van der Waals surface area contributed by atoms with Crippen LogP contribution >= 0.6 is 23.2 Å². The van der Waals surface area contributed by atoms with Crippen molar-refractivity contribution in [3.63, 3.8) is 0 Å². The Morgan fingerprint density at radius 1 is 1.05 bits per heavy atom. The number of nitrogens with zero attached hydrogens (tertiary/aromatic N) is 1. The summed E-state index contributed by atoms with van der Waals surface area (Å²) >= 11 is 12.3. The zero-order chi connectivity index (χ0) is 26.5. The largest absolute Gasteiger partial charge is 0.463 e. The number of halogens is 2. The lowest BCUT2D eigenvalue weighted by atomic mass is 9.83. The van der Waals surface area contributed by atoms with Crippen molar-refractivity contribution in [3.05, 3.63) is 80.5 Å². The van der Waals surface area contributed by atoms with Crippen LogP contribution < -0.4 is 5.32 Å². The van der Waals surface area contributed by atoms with Crippen LogP contribution in [0, 0.1) is 0 Å². The van der Waals surface area contributed by atoms with Gasteiger partial charge in [-0.05, 0) is 62.1 Å². The van der Waals surface area contributed by atoms with Crippen LogP contribution in [0.1, 0.15) is 79.8 Å². The van der Waals surface area contributed by atoms with Crippen molar-refractivity contribution in [3.8, 4) is 0 Å². The standard InChI is InChI=1S/C29H32Cl2N2O4/c1-3-37-29(36)27-18(2)33(26(34)16-23(27)20-12-13-24(30)25(31)15-20)17-19-8-7-9-21(14-19)28(35)32-22-10-5-4-6-11-22/h7-9,12-15,22-23H,3-6,10-11,16-17H2,1-2H3,(H,32,35). The zero-order valence-electron chi connectivity index (χ0n) is 21.2. The molecule has 2 amide bonds. The van der Waals surface area contributed by atoms with E-state index in [1.165, 1.54) is 6.42 Å². The molecular formula is C29H32Cl2N2O4. The summed E-state index contributed by atoms with van der Waals surface area (Å²) in [5.74, 6) is -1.18. The van der Waals surface area contributed by atoms with E-state index in [9.17, 15) is 14.4 Å². The molecular weight excluding hydrogens is 511 g/mol. The van der Waals surface area contributed by atoms with Gasteiger partial charge in [0.25, 0.3) is 5.91 Å². The average molecular weight is 543 g/mol. The number of carbonyl (C=O) groups is 3.